The molecule has 1 unspecified atom stereocenters. The molecule has 0 radical (unpaired) electrons. The van der Waals surface area contributed by atoms with Crippen LogP contribution in [0.3, 0.4) is 0 Å². The molecule has 0 bridgehead atoms. The predicted molar refractivity (Wildman–Crippen MR) is 89.5 cm³/mol. The third-order valence-electron chi connectivity index (χ3n) is 3.37. The van der Waals surface area contributed by atoms with Gasteiger partial charge in [-0.05, 0) is 17.7 Å². The summed E-state index contributed by atoms with van der Waals surface area (Å²) < 4.78 is 6.03. The maximum Gasteiger partial charge on any atom is 0.149 e. The Balaban J connectivity index is 0.00000176. The molecule has 1 aromatic carbocycles. The SMILES string of the molecule is Cl.Clc1cccc(COC2CNCCN2c2cnccn2)c1. The summed E-state index contributed by atoms with van der Waals surface area (Å²) in [6.45, 7) is 3.04. The zero-order chi connectivity index (χ0) is 14.5. The average molecular weight is 341 g/mol. The van der Waals surface area contributed by atoms with Crippen LogP contribution in [0.25, 0.3) is 0 Å². The van der Waals surface area contributed by atoms with Crippen LogP contribution in [0, 0.1) is 0 Å². The molecule has 0 spiro atoms. The van der Waals surface area contributed by atoms with E-state index >= 15 is 0 Å². The first-order chi connectivity index (χ1) is 10.3. The quantitative estimate of drug-likeness (QED) is 0.926. The Bertz CT molecular complexity index is 585. The molecule has 2 aromatic rings. The smallest absolute Gasteiger partial charge is 0.149 e. The maximum atomic E-state index is 6.03. The van der Waals surface area contributed by atoms with E-state index in [1.54, 1.807) is 18.6 Å². The largest absolute Gasteiger partial charge is 0.352 e. The highest BCUT2D eigenvalue weighted by molar-refractivity contribution is 6.30. The van der Waals surface area contributed by atoms with Gasteiger partial charge in [0.1, 0.15) is 12.0 Å². The third-order valence-corrected chi connectivity index (χ3v) is 3.61. The second-order valence-electron chi connectivity index (χ2n) is 4.86. The number of hydrogen-bond acceptors (Lipinski definition) is 5. The van der Waals surface area contributed by atoms with Gasteiger partial charge in [0.15, 0.2) is 0 Å². The Labute approximate surface area is 141 Å². The second-order valence-corrected chi connectivity index (χ2v) is 5.29. The van der Waals surface area contributed by atoms with Crippen LogP contribution in [0.1, 0.15) is 5.56 Å². The van der Waals surface area contributed by atoms with Gasteiger partial charge < -0.3 is 15.0 Å². The minimum atomic E-state index is -0.0607. The summed E-state index contributed by atoms with van der Waals surface area (Å²) in [7, 11) is 0. The highest BCUT2D eigenvalue weighted by Gasteiger charge is 2.24. The summed E-state index contributed by atoms with van der Waals surface area (Å²) in [6.07, 6.45) is 5.08. The first-order valence-corrected chi connectivity index (χ1v) is 7.30. The third kappa shape index (κ3) is 4.30. The first kappa shape index (κ1) is 17.0. The molecule has 1 fully saturated rings. The number of halogens is 2. The molecule has 0 saturated carbocycles. The molecule has 5 nitrogen and oxygen atoms in total. The summed E-state index contributed by atoms with van der Waals surface area (Å²) >= 11 is 5.99. The van der Waals surface area contributed by atoms with E-state index in [9.17, 15) is 0 Å². The Hall–Kier alpha value is -1.40. The van der Waals surface area contributed by atoms with Crippen LogP contribution in [0.4, 0.5) is 5.82 Å². The maximum absolute atomic E-state index is 6.03. The molecule has 0 amide bonds. The lowest BCUT2D eigenvalue weighted by Crippen LogP contribution is -2.53. The van der Waals surface area contributed by atoms with Gasteiger partial charge >= 0.3 is 0 Å². The molecular weight excluding hydrogens is 323 g/mol. The van der Waals surface area contributed by atoms with Crippen molar-refractivity contribution in [3.05, 3.63) is 53.4 Å². The molecule has 1 aromatic heterocycles. The van der Waals surface area contributed by atoms with Crippen LogP contribution in [-0.4, -0.2) is 35.8 Å². The topological polar surface area (TPSA) is 50.3 Å². The lowest BCUT2D eigenvalue weighted by Gasteiger charge is -2.36. The molecule has 2 heterocycles. The fourth-order valence-electron chi connectivity index (χ4n) is 2.35. The summed E-state index contributed by atoms with van der Waals surface area (Å²) in [5.41, 5.74) is 1.06. The molecule has 1 N–H and O–H groups in total. The molecule has 1 aliphatic heterocycles. The first-order valence-electron chi connectivity index (χ1n) is 6.92. The zero-order valence-corrected chi connectivity index (χ0v) is 13.6. The van der Waals surface area contributed by atoms with Gasteiger partial charge in [-0.3, -0.25) is 4.98 Å². The number of ether oxygens (including phenoxy) is 1. The van der Waals surface area contributed by atoms with Gasteiger partial charge in [0.05, 0.1) is 12.8 Å². The fraction of sp³-hybridized carbons (Fsp3) is 0.333. The lowest BCUT2D eigenvalue weighted by atomic mass is 10.2. The van der Waals surface area contributed by atoms with Crippen molar-refractivity contribution < 1.29 is 4.74 Å². The van der Waals surface area contributed by atoms with Crippen LogP contribution < -0.4 is 10.2 Å². The number of aromatic nitrogens is 2. The molecule has 1 aliphatic rings. The Morgan fingerprint density at radius 1 is 1.36 bits per heavy atom. The lowest BCUT2D eigenvalue weighted by molar-refractivity contribution is 0.0305. The summed E-state index contributed by atoms with van der Waals surface area (Å²) in [5, 5.41) is 4.07. The monoisotopic (exact) mass is 340 g/mol. The van der Waals surface area contributed by atoms with E-state index in [4.69, 9.17) is 16.3 Å². The number of hydrogen-bond donors (Lipinski definition) is 1. The minimum Gasteiger partial charge on any atom is -0.352 e. The van der Waals surface area contributed by atoms with Crippen molar-refractivity contribution in [2.45, 2.75) is 12.8 Å². The number of nitrogens with zero attached hydrogens (tertiary/aromatic N) is 3. The van der Waals surface area contributed by atoms with Gasteiger partial charge in [-0.25, -0.2) is 4.98 Å². The highest BCUT2D eigenvalue weighted by atomic mass is 35.5. The summed E-state index contributed by atoms with van der Waals surface area (Å²) in [5.74, 6) is 0.843. The minimum absolute atomic E-state index is 0. The van der Waals surface area contributed by atoms with Crippen LogP contribution in [0.5, 0.6) is 0 Å². The van der Waals surface area contributed by atoms with Crippen molar-refractivity contribution in [3.8, 4) is 0 Å². The van der Waals surface area contributed by atoms with Gasteiger partial charge in [-0.1, -0.05) is 23.7 Å². The van der Waals surface area contributed by atoms with E-state index < -0.39 is 0 Å². The van der Waals surface area contributed by atoms with Gasteiger partial charge in [0.25, 0.3) is 0 Å². The number of anilines is 1. The fourth-order valence-corrected chi connectivity index (χ4v) is 2.56. The van der Waals surface area contributed by atoms with Crippen molar-refractivity contribution in [2.24, 2.45) is 0 Å². The number of benzene rings is 1. The van der Waals surface area contributed by atoms with Crippen molar-refractivity contribution in [3.63, 3.8) is 0 Å². The Kier molecular flexibility index (Phi) is 6.39. The van der Waals surface area contributed by atoms with E-state index in [-0.39, 0.29) is 18.6 Å². The van der Waals surface area contributed by atoms with Crippen molar-refractivity contribution in [1.82, 2.24) is 15.3 Å². The van der Waals surface area contributed by atoms with E-state index in [0.717, 1.165) is 36.0 Å². The standard InChI is InChI=1S/C15H17ClN4O.ClH/c16-13-3-1-2-12(8-13)11-21-15-10-18-6-7-20(15)14-9-17-4-5-19-14;/h1-5,8-9,15,18H,6-7,10-11H2;1H. The number of piperazine rings is 1. The molecule has 118 valence electrons. The molecule has 0 aliphatic carbocycles. The second kappa shape index (κ2) is 8.29. The Morgan fingerprint density at radius 3 is 3.05 bits per heavy atom. The summed E-state index contributed by atoms with van der Waals surface area (Å²) in [4.78, 5) is 10.6. The average Bonchev–Trinajstić information content (AvgIpc) is 2.54. The van der Waals surface area contributed by atoms with E-state index in [2.05, 4.69) is 20.2 Å². The van der Waals surface area contributed by atoms with Crippen LogP contribution >= 0.6 is 24.0 Å². The molecule has 22 heavy (non-hydrogen) atoms. The van der Waals surface area contributed by atoms with Crippen LogP contribution in [0.2, 0.25) is 5.02 Å². The molecule has 1 saturated heterocycles. The van der Waals surface area contributed by atoms with Crippen molar-refractivity contribution in [1.29, 1.82) is 0 Å². The van der Waals surface area contributed by atoms with Gasteiger partial charge in [-0.15, -0.1) is 12.4 Å². The van der Waals surface area contributed by atoms with Crippen LogP contribution in [-0.2, 0) is 11.3 Å². The molecule has 7 heteroatoms. The van der Waals surface area contributed by atoms with Crippen LogP contribution in [0.15, 0.2) is 42.9 Å². The van der Waals surface area contributed by atoms with Gasteiger partial charge in [0.2, 0.25) is 0 Å². The zero-order valence-electron chi connectivity index (χ0n) is 12.0. The van der Waals surface area contributed by atoms with E-state index in [0.29, 0.717) is 6.61 Å². The van der Waals surface area contributed by atoms with Gasteiger partial charge in [-0.2, -0.15) is 0 Å². The van der Waals surface area contributed by atoms with E-state index in [1.165, 1.54) is 0 Å². The summed E-state index contributed by atoms with van der Waals surface area (Å²) in [6, 6.07) is 7.72. The van der Waals surface area contributed by atoms with E-state index in [1.807, 2.05) is 24.3 Å². The molecule has 1 atom stereocenters. The number of nitrogens with one attached hydrogen (secondary N) is 1. The van der Waals surface area contributed by atoms with Gasteiger partial charge in [0, 0.05) is 37.1 Å². The molecular formula is C15H18Cl2N4O. The van der Waals surface area contributed by atoms with Crippen molar-refractivity contribution >= 4 is 29.8 Å². The number of rotatable bonds is 4. The highest BCUT2D eigenvalue weighted by Crippen LogP contribution is 2.17. The van der Waals surface area contributed by atoms with Crippen molar-refractivity contribution in [2.75, 3.05) is 24.5 Å². The predicted octanol–water partition coefficient (Wildman–Crippen LogP) is 2.50. The Morgan fingerprint density at radius 2 is 2.27 bits per heavy atom. The normalized spacial score (nSPS) is 17.9. The molecule has 3 rings (SSSR count).